The highest BCUT2D eigenvalue weighted by Gasteiger charge is 2.33. The van der Waals surface area contributed by atoms with Gasteiger partial charge in [-0.15, -0.1) is 0 Å². The van der Waals surface area contributed by atoms with E-state index in [0.29, 0.717) is 10.9 Å². The summed E-state index contributed by atoms with van der Waals surface area (Å²) in [6.07, 6.45) is 1.41. The van der Waals surface area contributed by atoms with E-state index in [9.17, 15) is 14.9 Å². The van der Waals surface area contributed by atoms with E-state index in [1.807, 2.05) is 0 Å². The van der Waals surface area contributed by atoms with Crippen molar-refractivity contribution in [1.82, 2.24) is 9.80 Å². The van der Waals surface area contributed by atoms with Gasteiger partial charge in [-0.2, -0.15) is 0 Å². The van der Waals surface area contributed by atoms with Crippen molar-refractivity contribution in [2.75, 3.05) is 28.3 Å². The second-order valence-corrected chi connectivity index (χ2v) is 5.12. The number of benzene rings is 1. The monoisotopic (exact) mass is 337 g/mol. The van der Waals surface area contributed by atoms with Gasteiger partial charge in [0.1, 0.15) is 5.70 Å². The average Bonchev–Trinajstić information content (AvgIpc) is 2.71. The highest BCUT2D eigenvalue weighted by Crippen LogP contribution is 2.36. The Kier molecular flexibility index (Phi) is 4.50. The zero-order chi connectivity index (χ0) is 17.3. The summed E-state index contributed by atoms with van der Waals surface area (Å²) < 4.78 is 10.2. The van der Waals surface area contributed by atoms with Crippen LogP contribution in [0, 0.1) is 10.1 Å². The van der Waals surface area contributed by atoms with Crippen LogP contribution < -0.4 is 9.47 Å². The minimum atomic E-state index is -0.546. The lowest BCUT2D eigenvalue weighted by Crippen LogP contribution is -2.26. The summed E-state index contributed by atoms with van der Waals surface area (Å²) in [5, 5.41) is 11.6. The van der Waals surface area contributed by atoms with E-state index in [4.69, 9.17) is 21.7 Å². The van der Waals surface area contributed by atoms with Crippen molar-refractivity contribution in [3.05, 3.63) is 33.5 Å². The number of carbonyl (C=O) groups is 1. The molecule has 0 atom stereocenters. The summed E-state index contributed by atoms with van der Waals surface area (Å²) in [6, 6.07) is 2.71. The third kappa shape index (κ3) is 2.82. The average molecular weight is 337 g/mol. The normalized spacial score (nSPS) is 16.3. The Labute approximate surface area is 138 Å². The molecule has 0 saturated carbocycles. The lowest BCUT2D eigenvalue weighted by atomic mass is 10.1. The van der Waals surface area contributed by atoms with Gasteiger partial charge >= 0.3 is 0 Å². The molecule has 0 N–H and O–H groups in total. The van der Waals surface area contributed by atoms with Gasteiger partial charge in [-0.05, 0) is 24.4 Å². The number of nitrogens with zero attached hydrogens (tertiary/aromatic N) is 3. The number of nitro groups is 1. The van der Waals surface area contributed by atoms with E-state index in [1.165, 1.54) is 42.2 Å². The van der Waals surface area contributed by atoms with Gasteiger partial charge in [-0.1, -0.05) is 0 Å². The van der Waals surface area contributed by atoms with Crippen molar-refractivity contribution in [3.8, 4) is 11.5 Å². The largest absolute Gasteiger partial charge is 0.493 e. The zero-order valence-corrected chi connectivity index (χ0v) is 13.8. The number of hydrogen-bond acceptors (Lipinski definition) is 6. The Balaban J connectivity index is 2.63. The summed E-state index contributed by atoms with van der Waals surface area (Å²) in [7, 11) is 5.99. The van der Waals surface area contributed by atoms with Crippen molar-refractivity contribution in [2.24, 2.45) is 0 Å². The highest BCUT2D eigenvalue weighted by molar-refractivity contribution is 7.80. The molecule has 0 spiro atoms. The number of rotatable bonds is 4. The smallest absolute Gasteiger partial charge is 0.280 e. The van der Waals surface area contributed by atoms with Crippen LogP contribution in [0.1, 0.15) is 5.56 Å². The van der Waals surface area contributed by atoms with Gasteiger partial charge < -0.3 is 14.4 Å². The fourth-order valence-corrected chi connectivity index (χ4v) is 2.38. The second kappa shape index (κ2) is 6.21. The van der Waals surface area contributed by atoms with Gasteiger partial charge in [-0.25, -0.2) is 0 Å². The van der Waals surface area contributed by atoms with Crippen LogP contribution in [0.25, 0.3) is 6.08 Å². The van der Waals surface area contributed by atoms with Crippen molar-refractivity contribution in [3.63, 3.8) is 0 Å². The number of likely N-dealkylation sites (N-methyl/N-ethyl adjacent to an activating group) is 2. The lowest BCUT2D eigenvalue weighted by Gasteiger charge is -2.12. The number of carbonyl (C=O) groups excluding carboxylic acids is 1. The Morgan fingerprint density at radius 3 is 2.17 bits per heavy atom. The van der Waals surface area contributed by atoms with Crippen LogP contribution in [-0.2, 0) is 4.79 Å². The fraction of sp³-hybridized carbons (Fsp3) is 0.286. The molecule has 1 amide bonds. The lowest BCUT2D eigenvalue weighted by molar-refractivity contribution is -0.385. The predicted molar refractivity (Wildman–Crippen MR) is 87.3 cm³/mol. The van der Waals surface area contributed by atoms with Gasteiger partial charge in [0.25, 0.3) is 11.6 Å². The van der Waals surface area contributed by atoms with Crippen LogP contribution in [0.3, 0.4) is 0 Å². The van der Waals surface area contributed by atoms with E-state index < -0.39 is 4.92 Å². The van der Waals surface area contributed by atoms with Crippen molar-refractivity contribution in [1.29, 1.82) is 0 Å². The number of nitro benzene ring substituents is 1. The standard InChI is InChI=1S/C14H15N3O5S/c1-15-10(13(18)16(2)14(15)23)5-8-6-11(21-3)12(22-4)7-9(8)17(19)20/h5-7H,1-4H3/b10-5-. The first-order valence-electron chi connectivity index (χ1n) is 6.49. The topological polar surface area (TPSA) is 85.2 Å². The maximum Gasteiger partial charge on any atom is 0.280 e. The Morgan fingerprint density at radius 2 is 1.74 bits per heavy atom. The van der Waals surface area contributed by atoms with Gasteiger partial charge in [-0.3, -0.25) is 19.8 Å². The summed E-state index contributed by atoms with van der Waals surface area (Å²) >= 11 is 5.12. The molecule has 1 aliphatic rings. The van der Waals surface area contributed by atoms with E-state index in [-0.39, 0.29) is 28.6 Å². The first-order valence-corrected chi connectivity index (χ1v) is 6.90. The van der Waals surface area contributed by atoms with E-state index in [1.54, 1.807) is 14.1 Å². The minimum Gasteiger partial charge on any atom is -0.493 e. The molecule has 9 heteroatoms. The molecule has 122 valence electrons. The molecule has 23 heavy (non-hydrogen) atoms. The van der Waals surface area contributed by atoms with Gasteiger partial charge in [0.05, 0.1) is 30.8 Å². The van der Waals surface area contributed by atoms with Crippen LogP contribution in [0.2, 0.25) is 0 Å². The number of ether oxygens (including phenoxy) is 2. The third-order valence-corrected chi connectivity index (χ3v) is 4.03. The molecule has 0 bridgehead atoms. The minimum absolute atomic E-state index is 0.197. The molecule has 2 rings (SSSR count). The summed E-state index contributed by atoms with van der Waals surface area (Å²) in [6.45, 7) is 0. The maximum atomic E-state index is 12.2. The highest BCUT2D eigenvalue weighted by atomic mass is 32.1. The second-order valence-electron chi connectivity index (χ2n) is 4.76. The van der Waals surface area contributed by atoms with E-state index in [0.717, 1.165) is 0 Å². The van der Waals surface area contributed by atoms with Crippen LogP contribution in [0.4, 0.5) is 5.69 Å². The maximum absolute atomic E-state index is 12.2. The molecule has 0 radical (unpaired) electrons. The molecule has 0 unspecified atom stereocenters. The van der Waals surface area contributed by atoms with Gasteiger partial charge in [0.2, 0.25) is 0 Å². The molecule has 1 saturated heterocycles. The Hall–Kier alpha value is -2.68. The predicted octanol–water partition coefficient (Wildman–Crippen LogP) is 1.64. The summed E-state index contributed by atoms with van der Waals surface area (Å²) in [4.78, 5) is 25.7. The third-order valence-electron chi connectivity index (χ3n) is 3.48. The molecule has 0 aliphatic carbocycles. The molecular formula is C14H15N3O5S. The van der Waals surface area contributed by atoms with Crippen molar-refractivity contribution in [2.45, 2.75) is 0 Å². The first kappa shape index (κ1) is 16.7. The number of methoxy groups -OCH3 is 2. The Morgan fingerprint density at radius 1 is 1.17 bits per heavy atom. The molecule has 0 aromatic heterocycles. The molecular weight excluding hydrogens is 322 g/mol. The molecule has 1 aromatic carbocycles. The number of amides is 1. The first-order chi connectivity index (χ1) is 10.8. The molecule has 8 nitrogen and oxygen atoms in total. The molecule has 1 fully saturated rings. The molecule has 1 aromatic rings. The fourth-order valence-electron chi connectivity index (χ4n) is 2.19. The Bertz CT molecular complexity index is 731. The van der Waals surface area contributed by atoms with Crippen LogP contribution in [0.5, 0.6) is 11.5 Å². The SMILES string of the molecule is COc1cc(/C=C2/C(=O)N(C)C(=S)N2C)c([N+](=O)[O-])cc1OC. The molecule has 1 heterocycles. The quantitative estimate of drug-likeness (QED) is 0.357. The van der Waals surface area contributed by atoms with Gasteiger partial charge in [0, 0.05) is 14.1 Å². The van der Waals surface area contributed by atoms with Crippen LogP contribution >= 0.6 is 12.2 Å². The number of hydrogen-bond donors (Lipinski definition) is 0. The van der Waals surface area contributed by atoms with Crippen LogP contribution in [0.15, 0.2) is 17.8 Å². The summed E-state index contributed by atoms with van der Waals surface area (Å²) in [5.74, 6) is 0.232. The van der Waals surface area contributed by atoms with Crippen molar-refractivity contribution >= 4 is 35.0 Å². The van der Waals surface area contributed by atoms with E-state index in [2.05, 4.69) is 0 Å². The van der Waals surface area contributed by atoms with Gasteiger partial charge in [0.15, 0.2) is 16.6 Å². The zero-order valence-electron chi connectivity index (χ0n) is 13.0. The summed E-state index contributed by atoms with van der Waals surface area (Å²) in [5.41, 5.74) is 0.269. The van der Waals surface area contributed by atoms with Crippen molar-refractivity contribution < 1.29 is 19.2 Å². The van der Waals surface area contributed by atoms with E-state index >= 15 is 0 Å². The van der Waals surface area contributed by atoms with Crippen LogP contribution in [-0.4, -0.2) is 54.1 Å². The molecule has 1 aliphatic heterocycles. The number of thiocarbonyl (C=S) groups is 1.